The second-order valence-corrected chi connectivity index (χ2v) is 3.64. The Morgan fingerprint density at radius 2 is 1.92 bits per heavy atom. The molecule has 2 aliphatic rings. The molecule has 2 aliphatic heterocycles. The molecule has 0 saturated carbocycles. The van der Waals surface area contributed by atoms with Crippen LogP contribution < -0.4 is 0 Å². The van der Waals surface area contributed by atoms with Crippen LogP contribution in [0, 0.1) is 0 Å². The molecule has 13 heavy (non-hydrogen) atoms. The molecule has 2 fully saturated rings. The van der Waals surface area contributed by atoms with Crippen molar-refractivity contribution in [3.05, 3.63) is 12.2 Å². The van der Waals surface area contributed by atoms with Gasteiger partial charge in [-0.25, -0.2) is 0 Å². The molecular weight excluding hydrogens is 168 g/mol. The SMILES string of the molecule is C=C1COC(CCC2OCCO2)C1. The van der Waals surface area contributed by atoms with E-state index in [4.69, 9.17) is 14.2 Å². The van der Waals surface area contributed by atoms with Gasteiger partial charge in [0.1, 0.15) is 0 Å². The van der Waals surface area contributed by atoms with Gasteiger partial charge in [0, 0.05) is 6.42 Å². The zero-order valence-corrected chi connectivity index (χ0v) is 7.83. The molecule has 0 amide bonds. The van der Waals surface area contributed by atoms with E-state index in [9.17, 15) is 0 Å². The molecule has 0 aromatic rings. The van der Waals surface area contributed by atoms with Gasteiger partial charge in [0.2, 0.25) is 0 Å². The van der Waals surface area contributed by atoms with E-state index < -0.39 is 0 Å². The van der Waals surface area contributed by atoms with E-state index in [1.165, 1.54) is 5.57 Å². The minimum absolute atomic E-state index is 0.0115. The number of hydrogen-bond acceptors (Lipinski definition) is 3. The number of hydrogen-bond donors (Lipinski definition) is 0. The Morgan fingerprint density at radius 1 is 1.15 bits per heavy atom. The summed E-state index contributed by atoms with van der Waals surface area (Å²) in [6, 6.07) is 0. The van der Waals surface area contributed by atoms with Gasteiger partial charge in [0.05, 0.1) is 25.9 Å². The van der Waals surface area contributed by atoms with Crippen molar-refractivity contribution in [3.8, 4) is 0 Å². The van der Waals surface area contributed by atoms with Crippen LogP contribution in [-0.2, 0) is 14.2 Å². The summed E-state index contributed by atoms with van der Waals surface area (Å²) >= 11 is 0. The molecule has 1 atom stereocenters. The van der Waals surface area contributed by atoms with Crippen molar-refractivity contribution >= 4 is 0 Å². The Balaban J connectivity index is 1.64. The van der Waals surface area contributed by atoms with Gasteiger partial charge >= 0.3 is 0 Å². The predicted molar refractivity (Wildman–Crippen MR) is 48.4 cm³/mol. The summed E-state index contributed by atoms with van der Waals surface area (Å²) in [6.07, 6.45) is 3.33. The zero-order chi connectivity index (χ0) is 9.10. The monoisotopic (exact) mass is 184 g/mol. The van der Waals surface area contributed by atoms with Crippen molar-refractivity contribution in [3.63, 3.8) is 0 Å². The second-order valence-electron chi connectivity index (χ2n) is 3.64. The van der Waals surface area contributed by atoms with E-state index in [2.05, 4.69) is 6.58 Å². The molecule has 2 heterocycles. The fourth-order valence-electron chi connectivity index (χ4n) is 1.76. The normalized spacial score (nSPS) is 30.2. The lowest BCUT2D eigenvalue weighted by Crippen LogP contribution is -2.13. The molecule has 0 bridgehead atoms. The van der Waals surface area contributed by atoms with Crippen LogP contribution in [0.2, 0.25) is 0 Å². The molecule has 1 unspecified atom stereocenters. The van der Waals surface area contributed by atoms with Crippen LogP contribution >= 0.6 is 0 Å². The molecule has 0 aromatic heterocycles. The highest BCUT2D eigenvalue weighted by atomic mass is 16.7. The van der Waals surface area contributed by atoms with Gasteiger partial charge < -0.3 is 14.2 Å². The van der Waals surface area contributed by atoms with E-state index in [0.29, 0.717) is 6.10 Å². The second kappa shape index (κ2) is 4.22. The average molecular weight is 184 g/mol. The van der Waals surface area contributed by atoms with Crippen LogP contribution in [-0.4, -0.2) is 32.2 Å². The number of rotatable bonds is 3. The van der Waals surface area contributed by atoms with Crippen molar-refractivity contribution in [1.82, 2.24) is 0 Å². The summed E-state index contributed by atoms with van der Waals surface area (Å²) in [7, 11) is 0. The van der Waals surface area contributed by atoms with Gasteiger partial charge in [-0.15, -0.1) is 0 Å². The van der Waals surface area contributed by atoms with E-state index in [1.54, 1.807) is 0 Å². The summed E-state index contributed by atoms with van der Waals surface area (Å²) in [5.74, 6) is 0. The van der Waals surface area contributed by atoms with Crippen molar-refractivity contribution in [2.75, 3.05) is 19.8 Å². The largest absolute Gasteiger partial charge is 0.374 e. The lowest BCUT2D eigenvalue weighted by molar-refractivity contribution is -0.0551. The summed E-state index contributed by atoms with van der Waals surface area (Å²) in [4.78, 5) is 0. The molecule has 3 heteroatoms. The summed E-state index contributed by atoms with van der Waals surface area (Å²) < 4.78 is 16.2. The smallest absolute Gasteiger partial charge is 0.157 e. The first-order valence-corrected chi connectivity index (χ1v) is 4.86. The van der Waals surface area contributed by atoms with Crippen LogP contribution in [0.1, 0.15) is 19.3 Å². The Bertz CT molecular complexity index is 185. The highest BCUT2D eigenvalue weighted by molar-refractivity contribution is 5.01. The van der Waals surface area contributed by atoms with Gasteiger partial charge in [-0.05, 0) is 18.4 Å². The van der Waals surface area contributed by atoms with Crippen LogP contribution in [0.15, 0.2) is 12.2 Å². The third-order valence-corrected chi connectivity index (χ3v) is 2.45. The molecule has 2 rings (SSSR count). The van der Waals surface area contributed by atoms with Crippen molar-refractivity contribution < 1.29 is 14.2 Å². The minimum atomic E-state index is 0.0115. The topological polar surface area (TPSA) is 27.7 Å². The zero-order valence-electron chi connectivity index (χ0n) is 7.83. The molecule has 3 nitrogen and oxygen atoms in total. The van der Waals surface area contributed by atoms with Gasteiger partial charge in [0.25, 0.3) is 0 Å². The molecular formula is C10H16O3. The molecule has 0 aliphatic carbocycles. The van der Waals surface area contributed by atoms with Gasteiger partial charge in [0.15, 0.2) is 6.29 Å². The van der Waals surface area contributed by atoms with Crippen molar-refractivity contribution in [1.29, 1.82) is 0 Å². The predicted octanol–water partition coefficient (Wildman–Crippen LogP) is 1.48. The first-order valence-electron chi connectivity index (χ1n) is 4.86. The molecule has 2 saturated heterocycles. The highest BCUT2D eigenvalue weighted by Gasteiger charge is 2.22. The van der Waals surface area contributed by atoms with Crippen LogP contribution in [0.5, 0.6) is 0 Å². The van der Waals surface area contributed by atoms with Gasteiger partial charge in [-0.3, -0.25) is 0 Å². The Labute approximate surface area is 78.7 Å². The van der Waals surface area contributed by atoms with Gasteiger partial charge in [-0.1, -0.05) is 6.58 Å². The Hall–Kier alpha value is -0.380. The van der Waals surface area contributed by atoms with Crippen molar-refractivity contribution in [2.24, 2.45) is 0 Å². The molecule has 0 N–H and O–H groups in total. The maximum Gasteiger partial charge on any atom is 0.157 e. The Kier molecular flexibility index (Phi) is 2.98. The quantitative estimate of drug-likeness (QED) is 0.622. The molecule has 0 radical (unpaired) electrons. The lowest BCUT2D eigenvalue weighted by atomic mass is 10.1. The van der Waals surface area contributed by atoms with Crippen molar-refractivity contribution in [2.45, 2.75) is 31.7 Å². The first-order chi connectivity index (χ1) is 6.34. The highest BCUT2D eigenvalue weighted by Crippen LogP contribution is 2.22. The van der Waals surface area contributed by atoms with Crippen LogP contribution in [0.3, 0.4) is 0 Å². The van der Waals surface area contributed by atoms with Gasteiger partial charge in [-0.2, -0.15) is 0 Å². The molecule has 74 valence electrons. The van der Waals surface area contributed by atoms with Crippen LogP contribution in [0.4, 0.5) is 0 Å². The van der Waals surface area contributed by atoms with E-state index in [-0.39, 0.29) is 6.29 Å². The standard InChI is InChI=1S/C10H16O3/c1-8-6-9(13-7-8)2-3-10-11-4-5-12-10/h9-10H,1-7H2. The molecule has 0 aromatic carbocycles. The number of ether oxygens (including phenoxy) is 3. The maximum absolute atomic E-state index is 5.51. The summed E-state index contributed by atoms with van der Waals surface area (Å²) in [5, 5.41) is 0. The fraction of sp³-hybridized carbons (Fsp3) is 0.800. The maximum atomic E-state index is 5.51. The fourth-order valence-corrected chi connectivity index (χ4v) is 1.76. The summed E-state index contributed by atoms with van der Waals surface area (Å²) in [5.41, 5.74) is 1.21. The average Bonchev–Trinajstić information content (AvgIpc) is 2.71. The van der Waals surface area contributed by atoms with Crippen LogP contribution in [0.25, 0.3) is 0 Å². The third-order valence-electron chi connectivity index (χ3n) is 2.45. The first kappa shape index (κ1) is 9.19. The minimum Gasteiger partial charge on any atom is -0.374 e. The Morgan fingerprint density at radius 3 is 2.54 bits per heavy atom. The van der Waals surface area contributed by atoms with E-state index >= 15 is 0 Å². The summed E-state index contributed by atoms with van der Waals surface area (Å²) in [6.45, 7) is 6.11. The molecule has 0 spiro atoms. The van der Waals surface area contributed by atoms with E-state index in [1.807, 2.05) is 0 Å². The lowest BCUT2D eigenvalue weighted by Gasteiger charge is -2.12. The van der Waals surface area contributed by atoms with E-state index in [0.717, 1.165) is 39.1 Å². The third kappa shape index (κ3) is 2.53.